The fourth-order valence-corrected chi connectivity index (χ4v) is 2.94. The van der Waals surface area contributed by atoms with E-state index in [4.69, 9.17) is 14.5 Å². The van der Waals surface area contributed by atoms with Crippen LogP contribution in [0, 0.1) is 0 Å². The Balaban J connectivity index is 1.93. The summed E-state index contributed by atoms with van der Waals surface area (Å²) in [5, 5.41) is 9.41. The molecule has 0 fully saturated rings. The second-order valence-electron chi connectivity index (χ2n) is 6.95. The lowest BCUT2D eigenvalue weighted by Crippen LogP contribution is -2.39. The van der Waals surface area contributed by atoms with Crippen LogP contribution in [0.15, 0.2) is 53.5 Å². The van der Waals surface area contributed by atoms with Crippen molar-refractivity contribution < 1.29 is 14.3 Å². The lowest BCUT2D eigenvalue weighted by molar-refractivity contribution is 0.0963. The molecule has 31 heavy (non-hydrogen) atoms. The van der Waals surface area contributed by atoms with Crippen molar-refractivity contribution in [3.8, 4) is 5.75 Å². The highest BCUT2D eigenvalue weighted by atomic mass is 16.5. The molecule has 1 amide bonds. The first-order chi connectivity index (χ1) is 15.2. The number of amides is 1. The molecular weight excluding hydrogens is 392 g/mol. The van der Waals surface area contributed by atoms with Gasteiger partial charge < -0.3 is 25.4 Å². The number of hydrogen-bond acceptors (Lipinski definition) is 4. The smallest absolute Gasteiger partial charge is 0.251 e. The van der Waals surface area contributed by atoms with Gasteiger partial charge in [-0.2, -0.15) is 0 Å². The number of aliphatic imine (C=N–C) groups is 1. The van der Waals surface area contributed by atoms with Crippen LogP contribution in [-0.4, -0.2) is 52.3 Å². The molecule has 2 aromatic rings. The number of rotatable bonds is 12. The summed E-state index contributed by atoms with van der Waals surface area (Å²) >= 11 is 0. The van der Waals surface area contributed by atoms with E-state index in [0.29, 0.717) is 18.7 Å². The third-order valence-electron chi connectivity index (χ3n) is 4.66. The quantitative estimate of drug-likeness (QED) is 0.276. The van der Waals surface area contributed by atoms with Gasteiger partial charge >= 0.3 is 0 Å². The van der Waals surface area contributed by atoms with Gasteiger partial charge in [-0.25, -0.2) is 4.99 Å². The van der Waals surface area contributed by atoms with Gasteiger partial charge in [-0.15, -0.1) is 0 Å². The van der Waals surface area contributed by atoms with Crippen molar-refractivity contribution in [2.45, 2.75) is 26.3 Å². The molecule has 0 spiro atoms. The summed E-state index contributed by atoms with van der Waals surface area (Å²) in [7, 11) is 3.30. The minimum Gasteiger partial charge on any atom is -0.497 e. The molecule has 168 valence electrons. The molecule has 3 N–H and O–H groups in total. The second-order valence-corrected chi connectivity index (χ2v) is 6.95. The number of ether oxygens (including phenoxy) is 2. The van der Waals surface area contributed by atoms with Gasteiger partial charge in [-0.3, -0.25) is 4.79 Å². The molecule has 7 heteroatoms. The zero-order valence-corrected chi connectivity index (χ0v) is 18.7. The number of nitrogens with zero attached hydrogens (tertiary/aromatic N) is 1. The molecule has 0 radical (unpaired) electrons. The van der Waals surface area contributed by atoms with Gasteiger partial charge in [-0.05, 0) is 55.2 Å². The third kappa shape index (κ3) is 9.09. The fraction of sp³-hybridized carbons (Fsp3) is 0.417. The number of carbonyl (C=O) groups excluding carboxylic acids is 1. The third-order valence-corrected chi connectivity index (χ3v) is 4.66. The average Bonchev–Trinajstić information content (AvgIpc) is 2.82. The monoisotopic (exact) mass is 426 g/mol. The highest BCUT2D eigenvalue weighted by Crippen LogP contribution is 2.12. The summed E-state index contributed by atoms with van der Waals surface area (Å²) in [6.07, 6.45) is 1.69. The van der Waals surface area contributed by atoms with Crippen molar-refractivity contribution in [2.75, 3.05) is 40.5 Å². The molecular formula is C24H34N4O3. The van der Waals surface area contributed by atoms with Crippen LogP contribution in [0.2, 0.25) is 0 Å². The van der Waals surface area contributed by atoms with Crippen LogP contribution in [-0.2, 0) is 17.7 Å². The van der Waals surface area contributed by atoms with Gasteiger partial charge in [-0.1, -0.05) is 24.3 Å². The lowest BCUT2D eigenvalue weighted by Gasteiger charge is -2.13. The van der Waals surface area contributed by atoms with E-state index < -0.39 is 0 Å². The number of benzene rings is 2. The van der Waals surface area contributed by atoms with Crippen molar-refractivity contribution in [2.24, 2.45) is 4.99 Å². The van der Waals surface area contributed by atoms with E-state index in [-0.39, 0.29) is 5.91 Å². The van der Waals surface area contributed by atoms with Crippen LogP contribution in [0.5, 0.6) is 5.75 Å². The molecule has 0 bridgehead atoms. The molecule has 0 aliphatic rings. The van der Waals surface area contributed by atoms with Crippen molar-refractivity contribution in [3.63, 3.8) is 0 Å². The van der Waals surface area contributed by atoms with Crippen molar-refractivity contribution >= 4 is 11.9 Å². The van der Waals surface area contributed by atoms with E-state index in [0.717, 1.165) is 55.4 Å². The minimum absolute atomic E-state index is 0.0764. The molecule has 0 unspecified atom stereocenters. The maximum atomic E-state index is 11.8. The van der Waals surface area contributed by atoms with Gasteiger partial charge in [0.25, 0.3) is 5.91 Å². The molecule has 0 aliphatic heterocycles. The van der Waals surface area contributed by atoms with E-state index in [1.54, 1.807) is 14.2 Å². The van der Waals surface area contributed by atoms with Crippen molar-refractivity contribution in [3.05, 3.63) is 65.2 Å². The summed E-state index contributed by atoms with van der Waals surface area (Å²) in [6.45, 7) is 5.50. The molecule has 2 aromatic carbocycles. The predicted molar refractivity (Wildman–Crippen MR) is 125 cm³/mol. The van der Waals surface area contributed by atoms with E-state index >= 15 is 0 Å². The lowest BCUT2D eigenvalue weighted by atomic mass is 10.1. The van der Waals surface area contributed by atoms with E-state index in [9.17, 15) is 4.79 Å². The molecule has 0 aliphatic carbocycles. The summed E-state index contributed by atoms with van der Waals surface area (Å²) in [4.78, 5) is 16.5. The molecule has 0 aromatic heterocycles. The van der Waals surface area contributed by atoms with E-state index in [1.807, 2.05) is 55.5 Å². The van der Waals surface area contributed by atoms with Gasteiger partial charge in [0.1, 0.15) is 5.75 Å². The first kappa shape index (κ1) is 24.2. The first-order valence-electron chi connectivity index (χ1n) is 10.7. The van der Waals surface area contributed by atoms with Gasteiger partial charge in [0.15, 0.2) is 5.96 Å². The Hall–Kier alpha value is -3.06. The molecule has 0 atom stereocenters. The molecule has 2 rings (SSSR count). The largest absolute Gasteiger partial charge is 0.497 e. The van der Waals surface area contributed by atoms with Crippen LogP contribution >= 0.6 is 0 Å². The van der Waals surface area contributed by atoms with Crippen molar-refractivity contribution in [1.29, 1.82) is 0 Å². The maximum Gasteiger partial charge on any atom is 0.251 e. The second kappa shape index (κ2) is 14.0. The Morgan fingerprint density at radius 1 is 1.03 bits per heavy atom. The summed E-state index contributed by atoms with van der Waals surface area (Å²) in [5.41, 5.74) is 2.87. The van der Waals surface area contributed by atoms with Gasteiger partial charge in [0.2, 0.25) is 0 Å². The predicted octanol–water partition coefficient (Wildman–Crippen LogP) is 2.76. The summed E-state index contributed by atoms with van der Waals surface area (Å²) < 4.78 is 10.6. The molecule has 0 heterocycles. The number of methoxy groups -OCH3 is 1. The van der Waals surface area contributed by atoms with Crippen LogP contribution in [0.1, 0.15) is 34.8 Å². The minimum atomic E-state index is -0.0764. The SMILES string of the molecule is CCOCCCNC(=NCc1ccc(OC)cc1)NCCc1cccc(C(=O)NC)c1. The molecule has 7 nitrogen and oxygen atoms in total. The van der Waals surface area contributed by atoms with Gasteiger partial charge in [0, 0.05) is 38.9 Å². The van der Waals surface area contributed by atoms with E-state index in [1.165, 1.54) is 0 Å². The first-order valence-corrected chi connectivity index (χ1v) is 10.7. The van der Waals surface area contributed by atoms with E-state index in [2.05, 4.69) is 16.0 Å². The topological polar surface area (TPSA) is 84.0 Å². The Labute approximate surface area is 185 Å². The number of guanidine groups is 1. The Kier molecular flexibility index (Phi) is 11.0. The highest BCUT2D eigenvalue weighted by molar-refractivity contribution is 5.94. The average molecular weight is 427 g/mol. The Morgan fingerprint density at radius 3 is 2.52 bits per heavy atom. The molecule has 0 saturated carbocycles. The fourth-order valence-electron chi connectivity index (χ4n) is 2.94. The van der Waals surface area contributed by atoms with Crippen LogP contribution in [0.25, 0.3) is 0 Å². The summed E-state index contributed by atoms with van der Waals surface area (Å²) in [5.74, 6) is 1.52. The van der Waals surface area contributed by atoms with Crippen LogP contribution in [0.3, 0.4) is 0 Å². The highest BCUT2D eigenvalue weighted by Gasteiger charge is 2.04. The number of carbonyl (C=O) groups is 1. The van der Waals surface area contributed by atoms with Crippen LogP contribution in [0.4, 0.5) is 0 Å². The van der Waals surface area contributed by atoms with Gasteiger partial charge in [0.05, 0.1) is 13.7 Å². The molecule has 0 saturated heterocycles. The standard InChI is InChI=1S/C24H34N4O3/c1-4-31-16-6-14-26-24(28-18-20-9-11-22(30-3)12-10-20)27-15-13-19-7-5-8-21(17-19)23(29)25-2/h5,7-12,17H,4,6,13-16,18H2,1-3H3,(H,25,29)(H2,26,27,28). The zero-order valence-electron chi connectivity index (χ0n) is 18.7. The van der Waals surface area contributed by atoms with Crippen LogP contribution < -0.4 is 20.7 Å². The number of nitrogens with one attached hydrogen (secondary N) is 3. The van der Waals surface area contributed by atoms with Crippen molar-refractivity contribution in [1.82, 2.24) is 16.0 Å². The Bertz CT molecular complexity index is 822. The summed E-state index contributed by atoms with van der Waals surface area (Å²) in [6, 6.07) is 15.6. The Morgan fingerprint density at radius 2 is 1.81 bits per heavy atom. The normalized spacial score (nSPS) is 11.1. The zero-order chi connectivity index (χ0) is 22.3. The number of hydrogen-bond donors (Lipinski definition) is 3. The maximum absolute atomic E-state index is 11.8.